The van der Waals surface area contributed by atoms with Gasteiger partial charge in [-0.25, -0.2) is 9.07 Å². The van der Waals surface area contributed by atoms with Crippen molar-refractivity contribution in [3.05, 3.63) is 58.4 Å². The Morgan fingerprint density at radius 2 is 1.97 bits per heavy atom. The van der Waals surface area contributed by atoms with Crippen molar-refractivity contribution in [1.29, 1.82) is 0 Å². The fourth-order valence-corrected chi connectivity index (χ4v) is 3.69. The first kappa shape index (κ1) is 22.3. The minimum absolute atomic E-state index is 0.270. The van der Waals surface area contributed by atoms with Crippen LogP contribution in [0.1, 0.15) is 18.1 Å². The van der Waals surface area contributed by atoms with E-state index in [4.69, 9.17) is 21.1 Å². The number of ether oxygens (including phenoxy) is 2. The maximum atomic E-state index is 13.1. The topological polar surface area (TPSA) is 74.1 Å². The smallest absolute Gasteiger partial charge is 0.209 e. The van der Waals surface area contributed by atoms with Crippen LogP contribution in [0.3, 0.4) is 0 Å². The highest BCUT2D eigenvalue weighted by molar-refractivity contribution is 7.99. The van der Waals surface area contributed by atoms with Gasteiger partial charge in [0, 0.05) is 25.9 Å². The van der Waals surface area contributed by atoms with E-state index >= 15 is 0 Å². The Kier molecular flexibility index (Phi) is 8.30. The third-order valence-electron chi connectivity index (χ3n) is 4.09. The average Bonchev–Trinajstić information content (AvgIpc) is 3.13. The fourth-order valence-electron chi connectivity index (χ4n) is 2.65. The molecule has 3 rings (SSSR count). The summed E-state index contributed by atoms with van der Waals surface area (Å²) in [6.45, 7) is 4.08. The van der Waals surface area contributed by atoms with E-state index in [1.54, 1.807) is 28.6 Å². The second-order valence-corrected chi connectivity index (χ2v) is 7.83. The lowest BCUT2D eigenvalue weighted by molar-refractivity contribution is 0.269. The maximum Gasteiger partial charge on any atom is 0.209 e. The molecular formula is C20H23ClFN5O2S. The number of rotatable bonds is 11. The van der Waals surface area contributed by atoms with Crippen LogP contribution in [0.4, 0.5) is 4.39 Å². The molecule has 0 aliphatic rings. The van der Waals surface area contributed by atoms with Gasteiger partial charge in [-0.1, -0.05) is 35.5 Å². The van der Waals surface area contributed by atoms with Crippen LogP contribution in [0.25, 0.3) is 0 Å². The second-order valence-electron chi connectivity index (χ2n) is 6.36. The third-order valence-corrected chi connectivity index (χ3v) is 5.38. The highest BCUT2D eigenvalue weighted by Crippen LogP contribution is 2.37. The molecule has 0 saturated heterocycles. The van der Waals surface area contributed by atoms with Crippen LogP contribution >= 0.6 is 23.4 Å². The summed E-state index contributed by atoms with van der Waals surface area (Å²) < 4.78 is 26.3. The summed E-state index contributed by atoms with van der Waals surface area (Å²) in [6, 6.07) is 9.93. The molecule has 160 valence electrons. The lowest BCUT2D eigenvalue weighted by atomic mass is 10.2. The van der Waals surface area contributed by atoms with E-state index in [9.17, 15) is 4.39 Å². The lowest BCUT2D eigenvalue weighted by Gasteiger charge is -2.16. The maximum absolute atomic E-state index is 13.1. The number of benzene rings is 2. The number of tetrazole rings is 1. The molecule has 2 aromatic carbocycles. The molecule has 0 spiro atoms. The van der Waals surface area contributed by atoms with Crippen molar-refractivity contribution in [2.45, 2.75) is 25.2 Å². The molecule has 30 heavy (non-hydrogen) atoms. The van der Waals surface area contributed by atoms with Crippen LogP contribution < -0.4 is 14.8 Å². The Bertz CT molecular complexity index is 955. The number of aromatic nitrogens is 4. The number of aryl methyl sites for hydroxylation is 1. The molecule has 1 heterocycles. The first-order valence-corrected chi connectivity index (χ1v) is 10.8. The van der Waals surface area contributed by atoms with Gasteiger partial charge in [0.25, 0.3) is 0 Å². The van der Waals surface area contributed by atoms with E-state index in [1.807, 2.05) is 26.1 Å². The molecule has 1 N–H and O–H groups in total. The van der Waals surface area contributed by atoms with Gasteiger partial charge in [0.1, 0.15) is 12.4 Å². The zero-order valence-electron chi connectivity index (χ0n) is 16.8. The Balaban J connectivity index is 1.56. The number of nitrogens with one attached hydrogen (secondary N) is 1. The molecule has 3 aromatic rings. The number of halogens is 2. The molecule has 0 saturated carbocycles. The highest BCUT2D eigenvalue weighted by atomic mass is 35.5. The molecule has 7 nitrogen and oxygen atoms in total. The first-order chi connectivity index (χ1) is 14.6. The fraction of sp³-hybridized carbons (Fsp3) is 0.350. The molecule has 0 bridgehead atoms. The molecule has 0 fully saturated rings. The zero-order chi connectivity index (χ0) is 21.3. The standard InChI is InChI=1S/C20H23ClFN5O2S/c1-3-28-18-11-15(12-23-8-9-30-20-24-25-26-27(20)2)10-17(21)19(18)29-13-14-4-6-16(22)7-5-14/h4-7,10-11,23H,3,8-9,12-13H2,1-2H3. The predicted molar refractivity (Wildman–Crippen MR) is 115 cm³/mol. The first-order valence-electron chi connectivity index (χ1n) is 9.45. The molecule has 0 amide bonds. The normalized spacial score (nSPS) is 10.9. The zero-order valence-corrected chi connectivity index (χ0v) is 18.3. The molecule has 0 unspecified atom stereocenters. The summed E-state index contributed by atoms with van der Waals surface area (Å²) in [6.07, 6.45) is 0. The summed E-state index contributed by atoms with van der Waals surface area (Å²) >= 11 is 8.05. The van der Waals surface area contributed by atoms with Gasteiger partial charge < -0.3 is 14.8 Å². The number of hydrogen-bond acceptors (Lipinski definition) is 7. The van der Waals surface area contributed by atoms with Gasteiger partial charge in [-0.2, -0.15) is 0 Å². The summed E-state index contributed by atoms with van der Waals surface area (Å²) in [5.41, 5.74) is 1.83. The lowest BCUT2D eigenvalue weighted by Crippen LogP contribution is -2.17. The Labute approximate surface area is 183 Å². The predicted octanol–water partition coefficient (Wildman–Crippen LogP) is 3.86. The molecule has 0 radical (unpaired) electrons. The van der Waals surface area contributed by atoms with Crippen molar-refractivity contribution in [1.82, 2.24) is 25.5 Å². The van der Waals surface area contributed by atoms with Crippen molar-refractivity contribution >= 4 is 23.4 Å². The van der Waals surface area contributed by atoms with Gasteiger partial charge in [0.05, 0.1) is 11.6 Å². The molecule has 0 aliphatic heterocycles. The molecule has 1 aromatic heterocycles. The van der Waals surface area contributed by atoms with Gasteiger partial charge in [-0.05, 0) is 52.7 Å². The molecule has 0 aliphatic carbocycles. The monoisotopic (exact) mass is 451 g/mol. The Morgan fingerprint density at radius 1 is 1.17 bits per heavy atom. The average molecular weight is 452 g/mol. The SMILES string of the molecule is CCOc1cc(CNCCSc2nnnn2C)cc(Cl)c1OCc1ccc(F)cc1. The van der Waals surface area contributed by atoms with Crippen LogP contribution in [0.5, 0.6) is 11.5 Å². The number of hydrogen-bond donors (Lipinski definition) is 1. The number of nitrogens with zero attached hydrogens (tertiary/aromatic N) is 4. The highest BCUT2D eigenvalue weighted by Gasteiger charge is 2.13. The van der Waals surface area contributed by atoms with Crippen molar-refractivity contribution in [2.75, 3.05) is 18.9 Å². The van der Waals surface area contributed by atoms with Crippen molar-refractivity contribution < 1.29 is 13.9 Å². The van der Waals surface area contributed by atoms with E-state index in [0.717, 1.165) is 28.6 Å². The van der Waals surface area contributed by atoms with Crippen molar-refractivity contribution in [3.8, 4) is 11.5 Å². The summed E-state index contributed by atoms with van der Waals surface area (Å²) in [7, 11) is 1.81. The quantitative estimate of drug-likeness (QED) is 0.350. The van der Waals surface area contributed by atoms with E-state index in [0.29, 0.717) is 29.7 Å². The van der Waals surface area contributed by atoms with Gasteiger partial charge in [-0.15, -0.1) is 5.10 Å². The van der Waals surface area contributed by atoms with E-state index in [2.05, 4.69) is 20.8 Å². The van der Waals surface area contributed by atoms with Gasteiger partial charge in [-0.3, -0.25) is 0 Å². The van der Waals surface area contributed by atoms with Gasteiger partial charge in [0.15, 0.2) is 11.5 Å². The van der Waals surface area contributed by atoms with Gasteiger partial charge in [0.2, 0.25) is 5.16 Å². The van der Waals surface area contributed by atoms with E-state index in [-0.39, 0.29) is 12.4 Å². The third kappa shape index (κ3) is 6.32. The molecule has 0 atom stereocenters. The Hall–Kier alpha value is -2.36. The summed E-state index contributed by atoms with van der Waals surface area (Å²) in [5, 5.41) is 16.0. The minimum Gasteiger partial charge on any atom is -0.490 e. The van der Waals surface area contributed by atoms with Crippen LogP contribution in [0.15, 0.2) is 41.6 Å². The van der Waals surface area contributed by atoms with E-state index < -0.39 is 0 Å². The van der Waals surface area contributed by atoms with Crippen LogP contribution in [-0.4, -0.2) is 39.1 Å². The number of thioether (sulfide) groups is 1. The van der Waals surface area contributed by atoms with E-state index in [1.165, 1.54) is 12.1 Å². The molecule has 10 heteroatoms. The summed E-state index contributed by atoms with van der Waals surface area (Å²) in [4.78, 5) is 0. The van der Waals surface area contributed by atoms with Crippen LogP contribution in [-0.2, 0) is 20.2 Å². The van der Waals surface area contributed by atoms with Crippen molar-refractivity contribution in [3.63, 3.8) is 0 Å². The largest absolute Gasteiger partial charge is 0.490 e. The summed E-state index contributed by atoms with van der Waals surface area (Å²) in [5.74, 6) is 1.62. The van der Waals surface area contributed by atoms with Gasteiger partial charge >= 0.3 is 0 Å². The second kappa shape index (κ2) is 11.1. The van der Waals surface area contributed by atoms with Crippen LogP contribution in [0, 0.1) is 5.82 Å². The minimum atomic E-state index is -0.282. The van der Waals surface area contributed by atoms with Crippen molar-refractivity contribution in [2.24, 2.45) is 7.05 Å². The Morgan fingerprint density at radius 3 is 2.67 bits per heavy atom. The van der Waals surface area contributed by atoms with Crippen LogP contribution in [0.2, 0.25) is 5.02 Å². The molecular weight excluding hydrogens is 429 g/mol.